The van der Waals surface area contributed by atoms with Crippen LogP contribution in [-0.4, -0.2) is 39.1 Å². The number of rotatable bonds is 7. The van der Waals surface area contributed by atoms with Crippen molar-refractivity contribution >= 4 is 51.2 Å². The number of hydrogen-bond acceptors (Lipinski definition) is 8. The minimum absolute atomic E-state index is 0.0162. The summed E-state index contributed by atoms with van der Waals surface area (Å²) in [4.78, 5) is 53.7. The van der Waals surface area contributed by atoms with Crippen molar-refractivity contribution in [1.82, 2.24) is 9.88 Å². The molecule has 0 saturated heterocycles. The number of non-ortho nitro benzene ring substituents is 1. The predicted molar refractivity (Wildman–Crippen MR) is 112 cm³/mol. The second kappa shape index (κ2) is 8.13. The van der Waals surface area contributed by atoms with Gasteiger partial charge in [0, 0.05) is 30.5 Å². The Bertz CT molecular complexity index is 1160. The quantitative estimate of drug-likeness (QED) is 0.337. The average molecular weight is 442 g/mol. The normalized spacial score (nSPS) is 12.9. The second-order valence-corrected chi connectivity index (χ2v) is 8.22. The number of anilines is 1. The monoisotopic (exact) mass is 442 g/mol. The summed E-state index contributed by atoms with van der Waals surface area (Å²) in [6.45, 7) is 0.0475. The Kier molecular flexibility index (Phi) is 5.38. The van der Waals surface area contributed by atoms with E-state index in [-0.39, 0.29) is 42.1 Å². The summed E-state index contributed by atoms with van der Waals surface area (Å²) in [6, 6.07) is 7.46. The highest BCUT2D eigenvalue weighted by molar-refractivity contribution is 7.16. The van der Waals surface area contributed by atoms with Crippen LogP contribution in [0.3, 0.4) is 0 Å². The molecule has 11 heteroatoms. The van der Waals surface area contributed by atoms with E-state index in [1.807, 2.05) is 22.9 Å². The van der Waals surface area contributed by atoms with Crippen molar-refractivity contribution in [2.45, 2.75) is 12.8 Å². The van der Waals surface area contributed by atoms with Crippen LogP contribution in [0.15, 0.2) is 41.1 Å². The van der Waals surface area contributed by atoms with E-state index >= 15 is 0 Å². The zero-order valence-electron chi connectivity index (χ0n) is 15.4. The molecule has 1 aliphatic rings. The highest BCUT2D eigenvalue weighted by Crippen LogP contribution is 2.29. The fraction of sp³-hybridized carbons (Fsp3) is 0.158. The molecule has 1 N–H and O–H groups in total. The maximum atomic E-state index is 12.4. The molecule has 0 saturated carbocycles. The Hall–Kier alpha value is -3.44. The van der Waals surface area contributed by atoms with Gasteiger partial charge >= 0.3 is 0 Å². The number of fused-ring (bicyclic) bond motifs is 1. The highest BCUT2D eigenvalue weighted by atomic mass is 32.1. The lowest BCUT2D eigenvalue weighted by atomic mass is 10.1. The lowest BCUT2D eigenvalue weighted by molar-refractivity contribution is -0.384. The molecule has 30 heavy (non-hydrogen) atoms. The number of nitro benzene ring substituents is 1. The first kappa shape index (κ1) is 19.9. The Balaban J connectivity index is 1.32. The largest absolute Gasteiger partial charge is 0.302 e. The molecular formula is C19H14N4O5S2. The molecule has 3 heterocycles. The summed E-state index contributed by atoms with van der Waals surface area (Å²) in [6.07, 6.45) is 0.365. The Morgan fingerprint density at radius 3 is 2.70 bits per heavy atom. The van der Waals surface area contributed by atoms with E-state index in [9.17, 15) is 24.5 Å². The molecule has 3 aromatic rings. The summed E-state index contributed by atoms with van der Waals surface area (Å²) in [5, 5.41) is 17.9. The molecule has 0 spiro atoms. The van der Waals surface area contributed by atoms with Gasteiger partial charge in [-0.05, 0) is 23.9 Å². The van der Waals surface area contributed by atoms with Gasteiger partial charge in [-0.1, -0.05) is 6.07 Å². The van der Waals surface area contributed by atoms with Crippen LogP contribution in [-0.2, 0) is 4.79 Å². The standard InChI is InChI=1S/C19H14N4O5S2/c24-16(21-19-20-14(10-30-19)15-3-2-8-29-15)4-1-7-22-17(25)12-6-5-11(23(27)28)9-13(12)18(22)26/h2-3,5-6,8-10H,1,4,7H2,(H,20,21,24). The molecule has 0 atom stereocenters. The number of thiazole rings is 1. The lowest BCUT2D eigenvalue weighted by Gasteiger charge is -2.13. The van der Waals surface area contributed by atoms with Gasteiger partial charge in [0.2, 0.25) is 5.91 Å². The SMILES string of the molecule is O=C(CCCN1C(=O)c2ccc([N+](=O)[O-])cc2C1=O)Nc1nc(-c2cccs2)cs1. The van der Waals surface area contributed by atoms with Gasteiger partial charge < -0.3 is 5.32 Å². The molecule has 1 aromatic carbocycles. The first-order chi connectivity index (χ1) is 14.4. The van der Waals surface area contributed by atoms with Gasteiger partial charge in [0.15, 0.2) is 5.13 Å². The third-order valence-electron chi connectivity index (χ3n) is 4.47. The van der Waals surface area contributed by atoms with E-state index in [0.29, 0.717) is 5.13 Å². The van der Waals surface area contributed by atoms with Crippen molar-refractivity contribution in [2.75, 3.05) is 11.9 Å². The molecule has 4 rings (SSSR count). The van der Waals surface area contributed by atoms with Crippen LogP contribution in [0.25, 0.3) is 10.6 Å². The van der Waals surface area contributed by atoms with E-state index < -0.39 is 16.7 Å². The van der Waals surface area contributed by atoms with E-state index in [1.165, 1.54) is 23.5 Å². The predicted octanol–water partition coefficient (Wildman–Crippen LogP) is 3.79. The topological polar surface area (TPSA) is 123 Å². The zero-order valence-corrected chi connectivity index (χ0v) is 17.0. The third-order valence-corrected chi connectivity index (χ3v) is 6.12. The molecule has 152 valence electrons. The molecule has 9 nitrogen and oxygen atoms in total. The number of aromatic nitrogens is 1. The number of nitrogens with one attached hydrogen (secondary N) is 1. The van der Waals surface area contributed by atoms with Gasteiger partial charge in [-0.3, -0.25) is 29.4 Å². The number of imide groups is 1. The molecular weight excluding hydrogens is 428 g/mol. The summed E-state index contributed by atoms with van der Waals surface area (Å²) in [7, 11) is 0. The van der Waals surface area contributed by atoms with Crippen molar-refractivity contribution in [3.8, 4) is 10.6 Å². The number of nitrogens with zero attached hydrogens (tertiary/aromatic N) is 3. The minimum Gasteiger partial charge on any atom is -0.302 e. The van der Waals surface area contributed by atoms with Crippen LogP contribution in [0.5, 0.6) is 0 Å². The molecule has 1 aliphatic heterocycles. The van der Waals surface area contributed by atoms with Crippen LogP contribution in [0.4, 0.5) is 10.8 Å². The fourth-order valence-corrected chi connectivity index (χ4v) is 4.53. The van der Waals surface area contributed by atoms with Gasteiger partial charge in [-0.2, -0.15) is 0 Å². The summed E-state index contributed by atoms with van der Waals surface area (Å²) < 4.78 is 0. The van der Waals surface area contributed by atoms with E-state index in [4.69, 9.17) is 0 Å². The molecule has 0 radical (unpaired) electrons. The highest BCUT2D eigenvalue weighted by Gasteiger charge is 2.36. The molecule has 0 unspecified atom stereocenters. The fourth-order valence-electron chi connectivity index (χ4n) is 3.04. The second-order valence-electron chi connectivity index (χ2n) is 6.42. The maximum Gasteiger partial charge on any atom is 0.270 e. The van der Waals surface area contributed by atoms with Crippen LogP contribution in [0.1, 0.15) is 33.6 Å². The summed E-state index contributed by atoms with van der Waals surface area (Å²) >= 11 is 2.88. The number of carbonyl (C=O) groups is 3. The van der Waals surface area contributed by atoms with Crippen LogP contribution in [0.2, 0.25) is 0 Å². The van der Waals surface area contributed by atoms with Crippen LogP contribution in [0, 0.1) is 10.1 Å². The third kappa shape index (κ3) is 3.84. The van der Waals surface area contributed by atoms with Crippen LogP contribution < -0.4 is 5.32 Å². The zero-order chi connectivity index (χ0) is 21.3. The van der Waals surface area contributed by atoms with Crippen molar-refractivity contribution < 1.29 is 19.3 Å². The first-order valence-electron chi connectivity index (χ1n) is 8.88. The van der Waals surface area contributed by atoms with Crippen LogP contribution >= 0.6 is 22.7 Å². The number of nitro groups is 1. The van der Waals surface area contributed by atoms with E-state index in [2.05, 4.69) is 10.3 Å². The van der Waals surface area contributed by atoms with E-state index in [0.717, 1.165) is 21.5 Å². The van der Waals surface area contributed by atoms with Gasteiger partial charge in [0.05, 0.1) is 26.6 Å². The Morgan fingerprint density at radius 2 is 1.97 bits per heavy atom. The van der Waals surface area contributed by atoms with Crippen molar-refractivity contribution in [3.05, 3.63) is 62.3 Å². The summed E-state index contributed by atoms with van der Waals surface area (Å²) in [5.41, 5.74) is 0.702. The number of hydrogen-bond donors (Lipinski definition) is 1. The lowest BCUT2D eigenvalue weighted by Crippen LogP contribution is -2.31. The first-order valence-corrected chi connectivity index (χ1v) is 10.6. The summed E-state index contributed by atoms with van der Waals surface area (Å²) in [5.74, 6) is -1.36. The Morgan fingerprint density at radius 1 is 1.17 bits per heavy atom. The molecule has 0 bridgehead atoms. The minimum atomic E-state index is -0.618. The number of amides is 3. The van der Waals surface area contributed by atoms with Gasteiger partial charge in [-0.15, -0.1) is 22.7 Å². The van der Waals surface area contributed by atoms with Crippen molar-refractivity contribution in [1.29, 1.82) is 0 Å². The average Bonchev–Trinajstić information content (AvgIpc) is 3.45. The van der Waals surface area contributed by atoms with Gasteiger partial charge in [-0.25, -0.2) is 4.98 Å². The number of benzene rings is 1. The molecule has 0 aliphatic carbocycles. The number of thiophene rings is 1. The van der Waals surface area contributed by atoms with Gasteiger partial charge in [0.1, 0.15) is 0 Å². The smallest absolute Gasteiger partial charge is 0.270 e. The number of carbonyl (C=O) groups excluding carboxylic acids is 3. The maximum absolute atomic E-state index is 12.4. The Labute approximate surface area is 178 Å². The molecule has 2 aromatic heterocycles. The van der Waals surface area contributed by atoms with Gasteiger partial charge in [0.25, 0.3) is 17.5 Å². The van der Waals surface area contributed by atoms with Crippen molar-refractivity contribution in [3.63, 3.8) is 0 Å². The molecule has 0 fully saturated rings. The van der Waals surface area contributed by atoms with E-state index in [1.54, 1.807) is 11.3 Å². The van der Waals surface area contributed by atoms with Crippen molar-refractivity contribution in [2.24, 2.45) is 0 Å². The molecule has 3 amide bonds.